The molecule has 0 atom stereocenters. The van der Waals surface area contributed by atoms with E-state index in [1.54, 1.807) is 18.3 Å². The Balaban J connectivity index is 2.22. The standard InChI is InChI=1S/C12H8Cl2FNO/c13-7-8-3-4-16-12(5-8)17-9-1-2-11(15)10(14)6-9/h1-6H,7H2. The van der Waals surface area contributed by atoms with Crippen molar-refractivity contribution in [2.24, 2.45) is 0 Å². The Morgan fingerprint density at radius 2 is 2.06 bits per heavy atom. The highest BCUT2D eigenvalue weighted by molar-refractivity contribution is 6.30. The van der Waals surface area contributed by atoms with E-state index in [0.717, 1.165) is 5.56 Å². The normalized spacial score (nSPS) is 10.3. The van der Waals surface area contributed by atoms with Gasteiger partial charge >= 0.3 is 0 Å². The van der Waals surface area contributed by atoms with Crippen molar-refractivity contribution in [3.63, 3.8) is 0 Å². The summed E-state index contributed by atoms with van der Waals surface area (Å²) in [5.41, 5.74) is 0.893. The van der Waals surface area contributed by atoms with Gasteiger partial charge < -0.3 is 4.74 Å². The van der Waals surface area contributed by atoms with Crippen molar-refractivity contribution < 1.29 is 9.13 Å². The van der Waals surface area contributed by atoms with E-state index in [0.29, 0.717) is 17.5 Å². The molecule has 0 radical (unpaired) electrons. The van der Waals surface area contributed by atoms with E-state index in [2.05, 4.69) is 4.98 Å². The Labute approximate surface area is 108 Å². The number of rotatable bonds is 3. The predicted octanol–water partition coefficient (Wildman–Crippen LogP) is 4.41. The van der Waals surface area contributed by atoms with Crippen LogP contribution in [-0.2, 0) is 5.88 Å². The third-order valence-electron chi connectivity index (χ3n) is 2.07. The van der Waals surface area contributed by atoms with Crippen LogP contribution in [0.4, 0.5) is 4.39 Å². The van der Waals surface area contributed by atoms with Crippen LogP contribution in [0.1, 0.15) is 5.56 Å². The van der Waals surface area contributed by atoms with Crippen molar-refractivity contribution in [1.29, 1.82) is 0 Å². The Morgan fingerprint density at radius 1 is 1.24 bits per heavy atom. The lowest BCUT2D eigenvalue weighted by Gasteiger charge is -2.06. The second-order valence-electron chi connectivity index (χ2n) is 3.31. The first-order valence-electron chi connectivity index (χ1n) is 4.83. The maximum atomic E-state index is 12.9. The number of alkyl halides is 1. The molecule has 2 aromatic rings. The number of pyridine rings is 1. The van der Waals surface area contributed by atoms with E-state index in [1.165, 1.54) is 18.2 Å². The number of ether oxygens (including phenoxy) is 1. The van der Waals surface area contributed by atoms with Gasteiger partial charge in [-0.2, -0.15) is 0 Å². The predicted molar refractivity (Wildman–Crippen MR) is 65.3 cm³/mol. The second kappa shape index (κ2) is 5.34. The zero-order valence-corrected chi connectivity index (χ0v) is 10.2. The fourth-order valence-corrected chi connectivity index (χ4v) is 1.59. The molecule has 0 fully saturated rings. The summed E-state index contributed by atoms with van der Waals surface area (Å²) in [4.78, 5) is 4.02. The van der Waals surface area contributed by atoms with Gasteiger partial charge in [-0.05, 0) is 23.8 Å². The molecule has 88 valence electrons. The summed E-state index contributed by atoms with van der Waals surface area (Å²) in [6, 6.07) is 7.62. The number of hydrogen-bond acceptors (Lipinski definition) is 2. The molecule has 1 aromatic carbocycles. The van der Waals surface area contributed by atoms with Gasteiger partial charge in [0.15, 0.2) is 0 Å². The molecule has 0 aliphatic heterocycles. The average Bonchev–Trinajstić information content (AvgIpc) is 2.34. The van der Waals surface area contributed by atoms with Crippen molar-refractivity contribution in [1.82, 2.24) is 4.98 Å². The first-order valence-corrected chi connectivity index (χ1v) is 5.74. The minimum Gasteiger partial charge on any atom is -0.439 e. The average molecular weight is 272 g/mol. The van der Waals surface area contributed by atoms with Crippen LogP contribution >= 0.6 is 23.2 Å². The quantitative estimate of drug-likeness (QED) is 0.772. The molecule has 0 N–H and O–H groups in total. The smallest absolute Gasteiger partial charge is 0.219 e. The fraction of sp³-hybridized carbons (Fsp3) is 0.0833. The fourth-order valence-electron chi connectivity index (χ4n) is 1.25. The topological polar surface area (TPSA) is 22.1 Å². The van der Waals surface area contributed by atoms with E-state index in [-0.39, 0.29) is 5.02 Å². The molecular weight excluding hydrogens is 264 g/mol. The van der Waals surface area contributed by atoms with E-state index in [9.17, 15) is 4.39 Å². The zero-order valence-electron chi connectivity index (χ0n) is 8.66. The molecule has 2 nitrogen and oxygen atoms in total. The first kappa shape index (κ1) is 12.1. The first-order chi connectivity index (χ1) is 8.19. The lowest BCUT2D eigenvalue weighted by molar-refractivity contribution is 0.461. The summed E-state index contributed by atoms with van der Waals surface area (Å²) in [6.07, 6.45) is 1.60. The van der Waals surface area contributed by atoms with Crippen LogP contribution in [0.3, 0.4) is 0 Å². The molecule has 0 aliphatic rings. The van der Waals surface area contributed by atoms with Gasteiger partial charge in [-0.15, -0.1) is 11.6 Å². The molecule has 17 heavy (non-hydrogen) atoms. The van der Waals surface area contributed by atoms with Crippen LogP contribution in [-0.4, -0.2) is 4.98 Å². The van der Waals surface area contributed by atoms with Crippen LogP contribution in [0.5, 0.6) is 11.6 Å². The molecular formula is C12H8Cl2FNO. The maximum Gasteiger partial charge on any atom is 0.219 e. The number of nitrogens with zero attached hydrogens (tertiary/aromatic N) is 1. The summed E-state index contributed by atoms with van der Waals surface area (Å²) >= 11 is 11.3. The van der Waals surface area contributed by atoms with Crippen LogP contribution in [0.2, 0.25) is 5.02 Å². The number of benzene rings is 1. The minimum absolute atomic E-state index is 0.0102. The Kier molecular flexibility index (Phi) is 3.82. The summed E-state index contributed by atoms with van der Waals surface area (Å²) < 4.78 is 18.4. The number of aromatic nitrogens is 1. The van der Waals surface area contributed by atoms with Crippen molar-refractivity contribution >= 4 is 23.2 Å². The van der Waals surface area contributed by atoms with Gasteiger partial charge in [-0.3, -0.25) is 0 Å². The third-order valence-corrected chi connectivity index (χ3v) is 2.67. The van der Waals surface area contributed by atoms with Crippen molar-refractivity contribution in [3.05, 3.63) is 52.9 Å². The molecule has 5 heteroatoms. The highest BCUT2D eigenvalue weighted by Crippen LogP contribution is 2.25. The van der Waals surface area contributed by atoms with E-state index in [4.69, 9.17) is 27.9 Å². The Bertz CT molecular complexity index is 534. The molecule has 2 rings (SSSR count). The van der Waals surface area contributed by atoms with Crippen LogP contribution in [0.15, 0.2) is 36.5 Å². The van der Waals surface area contributed by atoms with Gasteiger partial charge in [0, 0.05) is 24.2 Å². The van der Waals surface area contributed by atoms with Gasteiger partial charge in [-0.1, -0.05) is 11.6 Å². The summed E-state index contributed by atoms with van der Waals surface area (Å²) in [5, 5.41) is 0.0102. The Morgan fingerprint density at radius 3 is 2.76 bits per heavy atom. The van der Waals surface area contributed by atoms with E-state index in [1.807, 2.05) is 0 Å². The lowest BCUT2D eigenvalue weighted by Crippen LogP contribution is -1.90. The summed E-state index contributed by atoms with van der Waals surface area (Å²) in [7, 11) is 0. The molecule has 1 aromatic heterocycles. The van der Waals surface area contributed by atoms with Crippen molar-refractivity contribution in [3.8, 4) is 11.6 Å². The minimum atomic E-state index is -0.485. The summed E-state index contributed by atoms with van der Waals surface area (Å²) in [5.74, 6) is 0.714. The molecule has 0 saturated heterocycles. The summed E-state index contributed by atoms with van der Waals surface area (Å²) in [6.45, 7) is 0. The van der Waals surface area contributed by atoms with Gasteiger partial charge in [0.05, 0.1) is 5.02 Å². The van der Waals surface area contributed by atoms with Crippen molar-refractivity contribution in [2.75, 3.05) is 0 Å². The maximum absolute atomic E-state index is 12.9. The van der Waals surface area contributed by atoms with Gasteiger partial charge in [-0.25, -0.2) is 9.37 Å². The van der Waals surface area contributed by atoms with Crippen LogP contribution < -0.4 is 4.74 Å². The van der Waals surface area contributed by atoms with Crippen LogP contribution in [0, 0.1) is 5.82 Å². The Hall–Kier alpha value is -1.32. The molecule has 0 unspecified atom stereocenters. The molecule has 0 spiro atoms. The molecule has 0 bridgehead atoms. The third kappa shape index (κ3) is 3.08. The molecule has 0 amide bonds. The monoisotopic (exact) mass is 271 g/mol. The second-order valence-corrected chi connectivity index (χ2v) is 3.99. The highest BCUT2D eigenvalue weighted by atomic mass is 35.5. The van der Waals surface area contributed by atoms with E-state index < -0.39 is 5.82 Å². The molecule has 0 aliphatic carbocycles. The lowest BCUT2D eigenvalue weighted by atomic mass is 10.3. The van der Waals surface area contributed by atoms with Gasteiger partial charge in [0.1, 0.15) is 11.6 Å². The molecule has 1 heterocycles. The molecule has 0 saturated carbocycles. The van der Waals surface area contributed by atoms with Gasteiger partial charge in [0.25, 0.3) is 0 Å². The SMILES string of the molecule is Fc1ccc(Oc2cc(CCl)ccn2)cc1Cl. The highest BCUT2D eigenvalue weighted by Gasteiger charge is 2.04. The number of halogens is 3. The van der Waals surface area contributed by atoms with E-state index >= 15 is 0 Å². The van der Waals surface area contributed by atoms with Gasteiger partial charge in [0.2, 0.25) is 5.88 Å². The largest absolute Gasteiger partial charge is 0.439 e. The van der Waals surface area contributed by atoms with Crippen LogP contribution in [0.25, 0.3) is 0 Å². The van der Waals surface area contributed by atoms with Crippen molar-refractivity contribution in [2.45, 2.75) is 5.88 Å². The zero-order chi connectivity index (χ0) is 12.3. The number of hydrogen-bond donors (Lipinski definition) is 0.